The van der Waals surface area contributed by atoms with E-state index in [1.165, 1.54) is 10.4 Å². The van der Waals surface area contributed by atoms with Crippen LogP contribution >= 0.6 is 23.1 Å². The zero-order valence-electron chi connectivity index (χ0n) is 9.81. The van der Waals surface area contributed by atoms with Crippen molar-refractivity contribution in [2.45, 2.75) is 18.6 Å². The van der Waals surface area contributed by atoms with Gasteiger partial charge in [0.05, 0.1) is 0 Å². The molecule has 1 aliphatic heterocycles. The fourth-order valence-corrected chi connectivity index (χ4v) is 4.11. The van der Waals surface area contributed by atoms with Crippen molar-refractivity contribution >= 4 is 29.0 Å². The smallest absolute Gasteiger partial charge is 0.237 e. The quantitative estimate of drug-likeness (QED) is 0.878. The number of nitrogens with one attached hydrogen (secondary N) is 1. The molecule has 1 aliphatic rings. The third-order valence-electron chi connectivity index (χ3n) is 2.85. The Morgan fingerprint density at radius 3 is 3.29 bits per heavy atom. The monoisotopic (exact) mass is 271 g/mol. The van der Waals surface area contributed by atoms with Gasteiger partial charge in [-0.05, 0) is 35.1 Å². The zero-order valence-corrected chi connectivity index (χ0v) is 11.4. The summed E-state index contributed by atoms with van der Waals surface area (Å²) in [6.07, 6.45) is 1.08. The maximum atomic E-state index is 12.1. The Balaban J connectivity index is 1.97. The number of thioether (sulfide) groups is 1. The molecule has 0 aromatic carbocycles. The van der Waals surface area contributed by atoms with E-state index < -0.39 is 0 Å². The molecule has 0 spiro atoms. The molecule has 2 N–H and O–H groups in total. The van der Waals surface area contributed by atoms with E-state index in [9.17, 15) is 4.79 Å². The van der Waals surface area contributed by atoms with Crippen LogP contribution in [0.4, 0.5) is 0 Å². The van der Waals surface area contributed by atoms with Crippen LogP contribution in [0.2, 0.25) is 0 Å². The fraction of sp³-hybridized carbons (Fsp3) is 0.583. The Bertz CT molecular complexity index is 392. The fourth-order valence-electron chi connectivity index (χ4n) is 1.80. The minimum atomic E-state index is -0.0594. The molecule has 1 aromatic rings. The summed E-state index contributed by atoms with van der Waals surface area (Å²) < 4.78 is 0. The molecule has 1 aromatic heterocycles. The summed E-state index contributed by atoms with van der Waals surface area (Å²) in [6, 6.07) is 2.06. The number of amides is 1. The van der Waals surface area contributed by atoms with Gasteiger partial charge in [0.2, 0.25) is 5.91 Å². The maximum Gasteiger partial charge on any atom is 0.237 e. The summed E-state index contributed by atoms with van der Waals surface area (Å²) in [5.41, 5.74) is 1.18. The molecule has 3 nitrogen and oxygen atoms in total. The van der Waals surface area contributed by atoms with E-state index in [1.54, 1.807) is 23.1 Å². The largest absolute Gasteiger partial charge is 0.396 e. The van der Waals surface area contributed by atoms with E-state index >= 15 is 0 Å². The number of hydrogen-bond donors (Lipinski definition) is 2. The molecular weight excluding hydrogens is 254 g/mol. The average Bonchev–Trinajstić information content (AvgIpc) is 2.83. The molecule has 2 unspecified atom stereocenters. The Morgan fingerprint density at radius 2 is 2.53 bits per heavy atom. The first-order chi connectivity index (χ1) is 8.22. The molecule has 0 radical (unpaired) electrons. The van der Waals surface area contributed by atoms with Gasteiger partial charge in [0, 0.05) is 18.0 Å². The van der Waals surface area contributed by atoms with Crippen LogP contribution < -0.4 is 5.32 Å². The molecule has 0 bridgehead atoms. The molecule has 17 heavy (non-hydrogen) atoms. The molecule has 2 heterocycles. The Hall–Kier alpha value is -0.520. The molecule has 2 atom stereocenters. The highest BCUT2D eigenvalue weighted by molar-refractivity contribution is 8.00. The van der Waals surface area contributed by atoms with Crippen molar-refractivity contribution in [3.05, 3.63) is 21.9 Å². The number of thiophene rings is 1. The van der Waals surface area contributed by atoms with Crippen LogP contribution in [0, 0.1) is 5.92 Å². The van der Waals surface area contributed by atoms with Gasteiger partial charge in [-0.3, -0.25) is 4.79 Å². The van der Waals surface area contributed by atoms with E-state index in [0.717, 1.165) is 12.2 Å². The van der Waals surface area contributed by atoms with Crippen LogP contribution in [0.5, 0.6) is 0 Å². The zero-order chi connectivity index (χ0) is 12.3. The van der Waals surface area contributed by atoms with Crippen molar-refractivity contribution in [3.8, 4) is 0 Å². The highest BCUT2D eigenvalue weighted by atomic mass is 32.2. The first kappa shape index (κ1) is 12.9. The minimum Gasteiger partial charge on any atom is -0.396 e. The van der Waals surface area contributed by atoms with E-state index in [4.69, 9.17) is 5.11 Å². The molecule has 0 aliphatic carbocycles. The van der Waals surface area contributed by atoms with Crippen molar-refractivity contribution in [2.24, 2.45) is 5.92 Å². The normalized spacial score (nSPS) is 20.7. The number of hydrogen-bond acceptors (Lipinski definition) is 4. The van der Waals surface area contributed by atoms with Crippen molar-refractivity contribution in [2.75, 3.05) is 18.9 Å². The third kappa shape index (κ3) is 3.03. The van der Waals surface area contributed by atoms with Gasteiger partial charge in [0.15, 0.2) is 0 Å². The predicted molar refractivity (Wildman–Crippen MR) is 72.5 cm³/mol. The van der Waals surface area contributed by atoms with Crippen LogP contribution in [0.1, 0.15) is 22.6 Å². The van der Waals surface area contributed by atoms with Gasteiger partial charge in [-0.25, -0.2) is 0 Å². The molecule has 0 saturated carbocycles. The van der Waals surface area contributed by atoms with Gasteiger partial charge in [-0.1, -0.05) is 6.92 Å². The van der Waals surface area contributed by atoms with Crippen molar-refractivity contribution in [1.82, 2.24) is 5.32 Å². The molecule has 94 valence electrons. The number of fused-ring (bicyclic) bond motifs is 1. The standard InChI is InChI=1S/C12H17NO2S2/c1-8(7-14)6-13-12(15)11-9-2-4-16-10(9)3-5-17-11/h2,4,8,11,14H,3,5-7H2,1H3,(H,13,15). The van der Waals surface area contributed by atoms with Gasteiger partial charge in [-0.2, -0.15) is 0 Å². The molecule has 0 fully saturated rings. The lowest BCUT2D eigenvalue weighted by Crippen LogP contribution is -2.33. The highest BCUT2D eigenvalue weighted by Crippen LogP contribution is 2.39. The number of carbonyl (C=O) groups is 1. The first-order valence-corrected chi connectivity index (χ1v) is 7.71. The van der Waals surface area contributed by atoms with Crippen LogP contribution in [-0.2, 0) is 11.2 Å². The SMILES string of the molecule is CC(CO)CNC(=O)C1SCCc2sccc21. The second-order valence-electron chi connectivity index (χ2n) is 4.33. The third-order valence-corrected chi connectivity index (χ3v) is 5.09. The van der Waals surface area contributed by atoms with E-state index in [1.807, 2.05) is 6.92 Å². The minimum absolute atomic E-state index is 0.0594. The second kappa shape index (κ2) is 5.89. The van der Waals surface area contributed by atoms with E-state index in [-0.39, 0.29) is 23.7 Å². The predicted octanol–water partition coefficient (Wildman–Crippen LogP) is 1.82. The lowest BCUT2D eigenvalue weighted by Gasteiger charge is -2.22. The van der Waals surface area contributed by atoms with E-state index in [0.29, 0.717) is 6.54 Å². The second-order valence-corrected chi connectivity index (χ2v) is 6.55. The van der Waals surface area contributed by atoms with Crippen molar-refractivity contribution in [1.29, 1.82) is 0 Å². The molecule has 1 amide bonds. The van der Waals surface area contributed by atoms with Crippen LogP contribution in [0.25, 0.3) is 0 Å². The average molecular weight is 271 g/mol. The topological polar surface area (TPSA) is 49.3 Å². The molecular formula is C12H17NO2S2. The van der Waals surface area contributed by atoms with Gasteiger partial charge < -0.3 is 10.4 Å². The lowest BCUT2D eigenvalue weighted by molar-refractivity contribution is -0.120. The van der Waals surface area contributed by atoms with Crippen molar-refractivity contribution < 1.29 is 9.90 Å². The van der Waals surface area contributed by atoms with Crippen molar-refractivity contribution in [3.63, 3.8) is 0 Å². The van der Waals surface area contributed by atoms with Crippen LogP contribution in [0.3, 0.4) is 0 Å². The Kier molecular flexibility index (Phi) is 4.48. The lowest BCUT2D eigenvalue weighted by atomic mass is 10.1. The van der Waals surface area contributed by atoms with E-state index in [2.05, 4.69) is 16.8 Å². The highest BCUT2D eigenvalue weighted by Gasteiger charge is 2.27. The molecule has 5 heteroatoms. The summed E-state index contributed by atoms with van der Waals surface area (Å²) >= 11 is 3.45. The number of aliphatic hydroxyl groups is 1. The van der Waals surface area contributed by atoms with Crippen LogP contribution in [-0.4, -0.2) is 29.9 Å². The number of rotatable bonds is 4. The van der Waals surface area contributed by atoms with Gasteiger partial charge >= 0.3 is 0 Å². The van der Waals surface area contributed by atoms with Crippen LogP contribution in [0.15, 0.2) is 11.4 Å². The van der Waals surface area contributed by atoms with Gasteiger partial charge in [0.25, 0.3) is 0 Å². The first-order valence-electron chi connectivity index (χ1n) is 5.78. The number of carbonyl (C=O) groups excluding carboxylic acids is 1. The maximum absolute atomic E-state index is 12.1. The summed E-state index contributed by atoms with van der Waals surface area (Å²) in [7, 11) is 0. The summed E-state index contributed by atoms with van der Waals surface area (Å²) in [5, 5.41) is 13.8. The molecule has 2 rings (SSSR count). The number of aryl methyl sites for hydroxylation is 1. The van der Waals surface area contributed by atoms with Gasteiger partial charge in [-0.15, -0.1) is 23.1 Å². The molecule has 0 saturated heterocycles. The van der Waals surface area contributed by atoms with Gasteiger partial charge in [0.1, 0.15) is 5.25 Å². The number of aliphatic hydroxyl groups excluding tert-OH is 1. The summed E-state index contributed by atoms with van der Waals surface area (Å²) in [4.78, 5) is 13.4. The Labute approximate surface area is 110 Å². The summed E-state index contributed by atoms with van der Waals surface area (Å²) in [6.45, 7) is 2.58. The Morgan fingerprint density at radius 1 is 1.71 bits per heavy atom. The summed E-state index contributed by atoms with van der Waals surface area (Å²) in [5.74, 6) is 1.21.